The fraction of sp³-hybridized carbons (Fsp3) is 0.429. The number of benzene rings is 1. The van der Waals surface area contributed by atoms with Gasteiger partial charge in [0.15, 0.2) is 0 Å². The standard InChI is InChI=1S/C21H29N5O/c1-24(2)12-6-11-22-18-9-10-20(23-17-18)21(27)26-15-13-25(14-16-26)19-7-4-3-5-8-19/h3-5,7-10,17,22H,6,11-16H2,1-2H3. The number of piperazine rings is 1. The molecular weight excluding hydrogens is 338 g/mol. The fourth-order valence-corrected chi connectivity index (χ4v) is 3.22. The Hall–Kier alpha value is -2.60. The summed E-state index contributed by atoms with van der Waals surface area (Å²) in [5, 5.41) is 3.35. The molecule has 0 unspecified atom stereocenters. The molecule has 0 atom stereocenters. The van der Waals surface area contributed by atoms with Crippen LogP contribution in [0.5, 0.6) is 0 Å². The number of anilines is 2. The largest absolute Gasteiger partial charge is 0.384 e. The summed E-state index contributed by atoms with van der Waals surface area (Å²) in [5.41, 5.74) is 2.69. The maximum absolute atomic E-state index is 12.7. The van der Waals surface area contributed by atoms with Crippen LogP contribution < -0.4 is 10.2 Å². The molecule has 1 aromatic carbocycles. The first-order chi connectivity index (χ1) is 13.1. The molecule has 3 rings (SSSR count). The minimum absolute atomic E-state index is 0.0156. The van der Waals surface area contributed by atoms with E-state index >= 15 is 0 Å². The number of nitrogens with zero attached hydrogens (tertiary/aromatic N) is 4. The first-order valence-corrected chi connectivity index (χ1v) is 9.57. The van der Waals surface area contributed by atoms with Crippen LogP contribution in [-0.2, 0) is 0 Å². The third kappa shape index (κ3) is 5.44. The molecule has 1 fully saturated rings. The van der Waals surface area contributed by atoms with Gasteiger partial charge in [0.05, 0.1) is 11.9 Å². The summed E-state index contributed by atoms with van der Waals surface area (Å²) in [7, 11) is 4.14. The highest BCUT2D eigenvalue weighted by Crippen LogP contribution is 2.17. The van der Waals surface area contributed by atoms with Crippen molar-refractivity contribution in [3.05, 3.63) is 54.4 Å². The van der Waals surface area contributed by atoms with Crippen molar-refractivity contribution in [2.24, 2.45) is 0 Å². The van der Waals surface area contributed by atoms with Gasteiger partial charge in [0, 0.05) is 38.4 Å². The lowest BCUT2D eigenvalue weighted by molar-refractivity contribution is 0.0741. The van der Waals surface area contributed by atoms with Gasteiger partial charge in [-0.2, -0.15) is 0 Å². The van der Waals surface area contributed by atoms with E-state index < -0.39 is 0 Å². The van der Waals surface area contributed by atoms with Gasteiger partial charge in [-0.15, -0.1) is 0 Å². The van der Waals surface area contributed by atoms with Crippen molar-refractivity contribution in [2.75, 3.05) is 63.6 Å². The molecule has 0 saturated carbocycles. The molecule has 1 aliphatic heterocycles. The average Bonchev–Trinajstić information content (AvgIpc) is 2.72. The van der Waals surface area contributed by atoms with Crippen LogP contribution in [0, 0.1) is 0 Å². The van der Waals surface area contributed by atoms with E-state index in [-0.39, 0.29) is 5.91 Å². The first-order valence-electron chi connectivity index (χ1n) is 9.57. The summed E-state index contributed by atoms with van der Waals surface area (Å²) in [6.45, 7) is 5.09. The smallest absolute Gasteiger partial charge is 0.272 e. The molecule has 6 heteroatoms. The molecule has 0 spiro atoms. The topological polar surface area (TPSA) is 51.7 Å². The van der Waals surface area contributed by atoms with E-state index in [0.29, 0.717) is 5.69 Å². The summed E-state index contributed by atoms with van der Waals surface area (Å²) in [6, 6.07) is 14.1. The van der Waals surface area contributed by atoms with Gasteiger partial charge in [-0.3, -0.25) is 4.79 Å². The number of nitrogens with one attached hydrogen (secondary N) is 1. The van der Waals surface area contributed by atoms with Crippen LogP contribution >= 0.6 is 0 Å². The molecule has 1 saturated heterocycles. The molecule has 27 heavy (non-hydrogen) atoms. The molecule has 0 radical (unpaired) electrons. The zero-order valence-electron chi connectivity index (χ0n) is 16.3. The molecule has 1 amide bonds. The molecule has 2 heterocycles. The van der Waals surface area contributed by atoms with Gasteiger partial charge >= 0.3 is 0 Å². The Labute approximate surface area is 161 Å². The van der Waals surface area contributed by atoms with Crippen molar-refractivity contribution in [2.45, 2.75) is 6.42 Å². The van der Waals surface area contributed by atoms with E-state index in [9.17, 15) is 4.79 Å². The Kier molecular flexibility index (Phi) is 6.65. The second-order valence-electron chi connectivity index (χ2n) is 7.13. The molecule has 1 aliphatic rings. The van der Waals surface area contributed by atoms with E-state index in [1.165, 1.54) is 5.69 Å². The zero-order valence-corrected chi connectivity index (χ0v) is 16.3. The lowest BCUT2D eigenvalue weighted by Gasteiger charge is -2.36. The molecule has 1 aromatic heterocycles. The van der Waals surface area contributed by atoms with Crippen LogP contribution in [0.4, 0.5) is 11.4 Å². The number of carbonyl (C=O) groups is 1. The fourth-order valence-electron chi connectivity index (χ4n) is 3.22. The van der Waals surface area contributed by atoms with E-state index in [1.807, 2.05) is 35.2 Å². The lowest BCUT2D eigenvalue weighted by Crippen LogP contribution is -2.49. The monoisotopic (exact) mass is 367 g/mol. The SMILES string of the molecule is CN(C)CCCNc1ccc(C(=O)N2CCN(c3ccccc3)CC2)nc1. The van der Waals surface area contributed by atoms with E-state index in [0.717, 1.165) is 51.4 Å². The van der Waals surface area contributed by atoms with Gasteiger partial charge in [0.1, 0.15) is 5.69 Å². The average molecular weight is 367 g/mol. The Bertz CT molecular complexity index is 709. The van der Waals surface area contributed by atoms with Gasteiger partial charge in [0.25, 0.3) is 5.91 Å². The maximum Gasteiger partial charge on any atom is 0.272 e. The highest BCUT2D eigenvalue weighted by molar-refractivity contribution is 5.92. The van der Waals surface area contributed by atoms with Gasteiger partial charge in [0.2, 0.25) is 0 Å². The molecule has 0 bridgehead atoms. The molecule has 6 nitrogen and oxygen atoms in total. The van der Waals surface area contributed by atoms with E-state index in [2.05, 4.69) is 46.3 Å². The Morgan fingerprint density at radius 2 is 1.81 bits per heavy atom. The van der Waals surface area contributed by atoms with Crippen LogP contribution in [0.3, 0.4) is 0 Å². The number of pyridine rings is 1. The van der Waals surface area contributed by atoms with Gasteiger partial charge in [-0.05, 0) is 51.3 Å². The summed E-state index contributed by atoms with van der Waals surface area (Å²) < 4.78 is 0. The second kappa shape index (κ2) is 9.37. The molecule has 0 aliphatic carbocycles. The van der Waals surface area contributed by atoms with Gasteiger partial charge in [-0.25, -0.2) is 4.98 Å². The number of aromatic nitrogens is 1. The Morgan fingerprint density at radius 3 is 2.44 bits per heavy atom. The van der Waals surface area contributed by atoms with E-state index in [4.69, 9.17) is 0 Å². The summed E-state index contributed by atoms with van der Waals surface area (Å²) in [6.07, 6.45) is 2.82. The van der Waals surface area contributed by atoms with Crippen LogP contribution in [0.15, 0.2) is 48.7 Å². The minimum Gasteiger partial charge on any atom is -0.384 e. The van der Waals surface area contributed by atoms with Crippen molar-refractivity contribution in [1.82, 2.24) is 14.8 Å². The predicted molar refractivity (Wildman–Crippen MR) is 110 cm³/mol. The third-order valence-corrected chi connectivity index (χ3v) is 4.78. The van der Waals surface area contributed by atoms with Crippen molar-refractivity contribution >= 4 is 17.3 Å². The minimum atomic E-state index is 0.0156. The van der Waals surface area contributed by atoms with Crippen molar-refractivity contribution in [1.29, 1.82) is 0 Å². The highest BCUT2D eigenvalue weighted by Gasteiger charge is 2.22. The molecule has 2 aromatic rings. The number of carbonyl (C=O) groups excluding carboxylic acids is 1. The van der Waals surface area contributed by atoms with Gasteiger partial charge in [-0.1, -0.05) is 18.2 Å². The second-order valence-corrected chi connectivity index (χ2v) is 7.13. The van der Waals surface area contributed by atoms with E-state index in [1.54, 1.807) is 6.20 Å². The number of para-hydroxylation sites is 1. The quantitative estimate of drug-likeness (QED) is 0.762. The molecule has 1 N–H and O–H groups in total. The normalized spacial score (nSPS) is 14.5. The van der Waals surface area contributed by atoms with Crippen LogP contribution in [0.2, 0.25) is 0 Å². The lowest BCUT2D eigenvalue weighted by atomic mass is 10.2. The first kappa shape index (κ1) is 19.2. The van der Waals surface area contributed by atoms with Gasteiger partial charge < -0.3 is 20.0 Å². The Morgan fingerprint density at radius 1 is 1.07 bits per heavy atom. The van der Waals surface area contributed by atoms with Crippen molar-refractivity contribution in [3.8, 4) is 0 Å². The molecular formula is C21H29N5O. The predicted octanol–water partition coefficient (Wildman–Crippen LogP) is 2.41. The summed E-state index contributed by atoms with van der Waals surface area (Å²) >= 11 is 0. The summed E-state index contributed by atoms with van der Waals surface area (Å²) in [4.78, 5) is 23.5. The number of hydrogen-bond acceptors (Lipinski definition) is 5. The van der Waals surface area contributed by atoms with Crippen molar-refractivity contribution < 1.29 is 4.79 Å². The third-order valence-electron chi connectivity index (χ3n) is 4.78. The number of hydrogen-bond donors (Lipinski definition) is 1. The Balaban J connectivity index is 1.48. The maximum atomic E-state index is 12.7. The van der Waals surface area contributed by atoms with Crippen LogP contribution in [-0.4, -0.2) is 74.1 Å². The summed E-state index contributed by atoms with van der Waals surface area (Å²) in [5.74, 6) is 0.0156. The number of rotatable bonds is 7. The highest BCUT2D eigenvalue weighted by atomic mass is 16.2. The number of amides is 1. The zero-order chi connectivity index (χ0) is 19.1. The van der Waals surface area contributed by atoms with Crippen LogP contribution in [0.1, 0.15) is 16.9 Å². The molecule has 144 valence electrons. The van der Waals surface area contributed by atoms with Crippen LogP contribution in [0.25, 0.3) is 0 Å². The van der Waals surface area contributed by atoms with Crippen molar-refractivity contribution in [3.63, 3.8) is 0 Å².